The summed E-state index contributed by atoms with van der Waals surface area (Å²) < 4.78 is 7.29. The van der Waals surface area contributed by atoms with Crippen molar-refractivity contribution in [3.05, 3.63) is 12.7 Å². The summed E-state index contributed by atoms with van der Waals surface area (Å²) in [7, 11) is 0. The predicted octanol–water partition coefficient (Wildman–Crippen LogP) is -1.44. The average Bonchev–Trinajstić information content (AvgIpc) is 3.15. The lowest BCUT2D eigenvalue weighted by molar-refractivity contribution is -0.138. The van der Waals surface area contributed by atoms with Gasteiger partial charge in [-0.3, -0.25) is 9.36 Å². The Morgan fingerprint density at radius 3 is 2.85 bits per heavy atom. The molecule has 5 atom stereocenters. The predicted molar refractivity (Wildman–Crippen MR) is 93.2 cm³/mol. The molecule has 1 aliphatic heterocycles. The van der Waals surface area contributed by atoms with Crippen molar-refractivity contribution in [2.45, 2.75) is 37.0 Å². The first-order chi connectivity index (χ1) is 12.4. The van der Waals surface area contributed by atoms with Crippen molar-refractivity contribution < 1.29 is 24.9 Å². The molecule has 1 saturated heterocycles. The number of aliphatic carboxylic acids is 1. The number of rotatable bonds is 7. The van der Waals surface area contributed by atoms with Crippen LogP contribution in [0.4, 0.5) is 5.82 Å². The van der Waals surface area contributed by atoms with E-state index in [0.29, 0.717) is 29.1 Å². The topological polar surface area (TPSA) is 183 Å². The fourth-order valence-electron chi connectivity index (χ4n) is 2.69. The molecular weight excluding hydrogens is 364 g/mol. The van der Waals surface area contributed by atoms with E-state index in [-0.39, 0.29) is 5.82 Å². The zero-order chi connectivity index (χ0) is 18.8. The largest absolute Gasteiger partial charge is 0.480 e. The van der Waals surface area contributed by atoms with Crippen LogP contribution >= 0.6 is 11.8 Å². The minimum Gasteiger partial charge on any atom is -0.480 e. The number of nitrogen functional groups attached to an aromatic ring is 1. The molecule has 11 nitrogen and oxygen atoms in total. The van der Waals surface area contributed by atoms with E-state index >= 15 is 0 Å². The molecule has 0 amide bonds. The van der Waals surface area contributed by atoms with Gasteiger partial charge < -0.3 is 31.5 Å². The van der Waals surface area contributed by atoms with E-state index in [9.17, 15) is 15.0 Å². The van der Waals surface area contributed by atoms with Crippen LogP contribution < -0.4 is 11.5 Å². The molecule has 0 aliphatic carbocycles. The summed E-state index contributed by atoms with van der Waals surface area (Å²) >= 11 is 1.40. The van der Waals surface area contributed by atoms with Crippen LogP contribution in [0.25, 0.3) is 11.2 Å². The van der Waals surface area contributed by atoms with E-state index in [1.165, 1.54) is 29.0 Å². The van der Waals surface area contributed by atoms with E-state index in [2.05, 4.69) is 15.0 Å². The second kappa shape index (κ2) is 7.72. The first kappa shape index (κ1) is 18.8. The van der Waals surface area contributed by atoms with E-state index in [0.717, 1.165) is 0 Å². The Morgan fingerprint density at radius 1 is 1.35 bits per heavy atom. The second-order valence-corrected chi connectivity index (χ2v) is 7.09. The van der Waals surface area contributed by atoms with Crippen molar-refractivity contribution in [2.24, 2.45) is 5.73 Å². The van der Waals surface area contributed by atoms with Crippen LogP contribution in [0.1, 0.15) is 12.6 Å². The van der Waals surface area contributed by atoms with Gasteiger partial charge in [0.05, 0.1) is 12.4 Å². The second-order valence-electron chi connectivity index (χ2n) is 5.94. The molecule has 12 heteroatoms. The lowest BCUT2D eigenvalue weighted by atomic mass is 10.1. The summed E-state index contributed by atoms with van der Waals surface area (Å²) in [5.74, 6) is 0.0405. The Kier molecular flexibility index (Phi) is 5.58. The molecule has 0 spiro atoms. The van der Waals surface area contributed by atoms with Gasteiger partial charge in [-0.15, -0.1) is 0 Å². The zero-order valence-electron chi connectivity index (χ0n) is 13.7. The van der Waals surface area contributed by atoms with Crippen LogP contribution in [0.2, 0.25) is 0 Å². The number of imidazole rings is 1. The van der Waals surface area contributed by atoms with Gasteiger partial charge in [-0.25, -0.2) is 15.0 Å². The smallest absolute Gasteiger partial charge is 0.320 e. The molecule has 26 heavy (non-hydrogen) atoms. The van der Waals surface area contributed by atoms with Crippen molar-refractivity contribution in [1.29, 1.82) is 0 Å². The Bertz CT molecular complexity index is 788. The van der Waals surface area contributed by atoms with E-state index < -0.39 is 36.6 Å². The number of thioether (sulfide) groups is 1. The van der Waals surface area contributed by atoms with Gasteiger partial charge in [0.2, 0.25) is 0 Å². The monoisotopic (exact) mass is 384 g/mol. The highest BCUT2D eigenvalue weighted by atomic mass is 32.2. The van der Waals surface area contributed by atoms with E-state index in [4.69, 9.17) is 21.3 Å². The number of aliphatic hydroxyl groups is 2. The van der Waals surface area contributed by atoms with Crippen molar-refractivity contribution >= 4 is 34.7 Å². The molecule has 3 rings (SSSR count). The molecule has 0 saturated carbocycles. The number of fused-ring (bicyclic) bond motifs is 1. The lowest BCUT2D eigenvalue weighted by Gasteiger charge is -2.16. The summed E-state index contributed by atoms with van der Waals surface area (Å²) in [5.41, 5.74) is 12.0. The molecule has 2 aromatic heterocycles. The Labute approximate surface area is 152 Å². The van der Waals surface area contributed by atoms with Crippen LogP contribution in [-0.2, 0) is 9.53 Å². The number of nitrogens with two attached hydrogens (primary N) is 2. The molecule has 3 heterocycles. The van der Waals surface area contributed by atoms with Crippen molar-refractivity contribution in [2.75, 3.05) is 17.2 Å². The molecule has 7 N–H and O–H groups in total. The van der Waals surface area contributed by atoms with Crippen LogP contribution in [0, 0.1) is 0 Å². The highest BCUT2D eigenvalue weighted by Gasteiger charge is 2.44. The quantitative estimate of drug-likeness (QED) is 0.352. The number of carbonyl (C=O) groups is 1. The number of carboxylic acids is 1. The maximum atomic E-state index is 10.7. The minimum atomic E-state index is -1.17. The summed E-state index contributed by atoms with van der Waals surface area (Å²) in [5, 5.41) is 29.3. The van der Waals surface area contributed by atoms with Gasteiger partial charge in [0, 0.05) is 5.75 Å². The molecule has 0 bridgehead atoms. The summed E-state index contributed by atoms with van der Waals surface area (Å²) in [6.07, 6.45) is -0.747. The van der Waals surface area contributed by atoms with Crippen LogP contribution in [0.15, 0.2) is 12.7 Å². The third-order valence-corrected chi connectivity index (χ3v) is 5.26. The Balaban J connectivity index is 1.64. The number of hydrogen-bond donors (Lipinski definition) is 5. The third-order valence-electron chi connectivity index (χ3n) is 4.17. The Hall–Kier alpha value is -1.99. The molecule has 0 unspecified atom stereocenters. The van der Waals surface area contributed by atoms with Crippen LogP contribution in [-0.4, -0.2) is 76.7 Å². The van der Waals surface area contributed by atoms with E-state index in [1.54, 1.807) is 0 Å². The number of aromatic nitrogens is 4. The fraction of sp³-hybridized carbons (Fsp3) is 0.571. The standard InChI is InChI=1S/C14H20N6O5S/c15-6(14(23)24)1-2-26-3-7-9(21)10(22)13(25-7)20-5-19-8-11(16)17-4-18-12(8)20/h4-7,9-10,13,21-22H,1-3,15H2,(H,23,24)(H2,16,17,18)/t6-,7+,9+,10+,13-/m0/s1. The van der Waals surface area contributed by atoms with Gasteiger partial charge in [-0.2, -0.15) is 11.8 Å². The molecule has 1 aliphatic rings. The molecule has 0 radical (unpaired) electrons. The number of aliphatic hydroxyl groups excluding tert-OH is 2. The van der Waals surface area contributed by atoms with Crippen molar-refractivity contribution in [3.63, 3.8) is 0 Å². The Morgan fingerprint density at radius 2 is 2.12 bits per heavy atom. The normalized spacial score (nSPS) is 27.0. The van der Waals surface area contributed by atoms with E-state index in [1.807, 2.05) is 0 Å². The minimum absolute atomic E-state index is 0.212. The number of nitrogens with zero attached hydrogens (tertiary/aromatic N) is 4. The maximum Gasteiger partial charge on any atom is 0.320 e. The first-order valence-electron chi connectivity index (χ1n) is 7.91. The maximum absolute atomic E-state index is 10.7. The zero-order valence-corrected chi connectivity index (χ0v) is 14.5. The van der Waals surface area contributed by atoms with Crippen molar-refractivity contribution in [1.82, 2.24) is 19.5 Å². The fourth-order valence-corrected chi connectivity index (χ4v) is 3.78. The molecule has 142 valence electrons. The molecule has 1 fully saturated rings. The molecule has 0 aromatic carbocycles. The van der Waals surface area contributed by atoms with Gasteiger partial charge in [-0.05, 0) is 12.2 Å². The molecular formula is C14H20N6O5S. The average molecular weight is 384 g/mol. The number of carboxylic acid groups (broad SMARTS) is 1. The van der Waals surface area contributed by atoms with Crippen LogP contribution in [0.5, 0.6) is 0 Å². The third kappa shape index (κ3) is 3.59. The highest BCUT2D eigenvalue weighted by Crippen LogP contribution is 2.33. The van der Waals surface area contributed by atoms with Gasteiger partial charge in [-0.1, -0.05) is 0 Å². The van der Waals surface area contributed by atoms with Crippen LogP contribution in [0.3, 0.4) is 0 Å². The summed E-state index contributed by atoms with van der Waals surface area (Å²) in [6.45, 7) is 0. The first-order valence-corrected chi connectivity index (χ1v) is 9.06. The molecule has 2 aromatic rings. The highest BCUT2D eigenvalue weighted by molar-refractivity contribution is 7.99. The number of hydrogen-bond acceptors (Lipinski definition) is 10. The number of anilines is 1. The summed E-state index contributed by atoms with van der Waals surface area (Å²) in [6, 6.07) is -0.919. The number of ether oxygens (including phenoxy) is 1. The SMILES string of the molecule is Nc1ncnc2c1ncn2[C@H]1O[C@H](CSCC[C@H](N)C(=O)O)[C@@H](O)[C@H]1O. The van der Waals surface area contributed by atoms with Gasteiger partial charge in [0.1, 0.15) is 30.1 Å². The summed E-state index contributed by atoms with van der Waals surface area (Å²) in [4.78, 5) is 22.8. The van der Waals surface area contributed by atoms with Crippen molar-refractivity contribution in [3.8, 4) is 0 Å². The van der Waals surface area contributed by atoms with Gasteiger partial charge in [0.15, 0.2) is 17.7 Å². The lowest BCUT2D eigenvalue weighted by Crippen LogP contribution is -2.33. The van der Waals surface area contributed by atoms with Gasteiger partial charge in [0.25, 0.3) is 0 Å². The van der Waals surface area contributed by atoms with Gasteiger partial charge >= 0.3 is 5.97 Å².